The molecule has 29 heavy (non-hydrogen) atoms. The second-order valence-corrected chi connectivity index (χ2v) is 7.98. The van der Waals surface area contributed by atoms with E-state index in [0.717, 1.165) is 11.1 Å². The molecule has 1 saturated heterocycles. The molecule has 0 spiro atoms. The van der Waals surface area contributed by atoms with Crippen LogP contribution < -0.4 is 15.2 Å². The van der Waals surface area contributed by atoms with Crippen LogP contribution >= 0.6 is 24.0 Å². The van der Waals surface area contributed by atoms with E-state index in [9.17, 15) is 9.59 Å². The highest BCUT2D eigenvalue weighted by Crippen LogP contribution is 2.38. The molecule has 1 unspecified atom stereocenters. The van der Waals surface area contributed by atoms with E-state index in [0.29, 0.717) is 20.7 Å². The number of nitrogens with zero attached hydrogens (tertiary/aromatic N) is 1. The Bertz CT molecular complexity index is 976. The van der Waals surface area contributed by atoms with Gasteiger partial charge in [-0.2, -0.15) is 0 Å². The molecule has 1 aliphatic heterocycles. The molecule has 0 bridgehead atoms. The summed E-state index contributed by atoms with van der Waals surface area (Å²) in [5, 5.41) is 0. The van der Waals surface area contributed by atoms with E-state index in [-0.39, 0.29) is 18.6 Å². The highest BCUT2D eigenvalue weighted by Gasteiger charge is 2.35. The number of thiocarbonyl (C=S) groups is 1. The summed E-state index contributed by atoms with van der Waals surface area (Å²) in [6, 6.07) is 14.8. The van der Waals surface area contributed by atoms with Crippen LogP contribution in [0.4, 0.5) is 0 Å². The molecule has 1 heterocycles. The van der Waals surface area contributed by atoms with Crippen LogP contribution in [0.1, 0.15) is 24.1 Å². The first kappa shape index (κ1) is 20.9. The van der Waals surface area contributed by atoms with E-state index < -0.39 is 5.91 Å². The van der Waals surface area contributed by atoms with E-state index >= 15 is 0 Å². The Labute approximate surface area is 178 Å². The summed E-state index contributed by atoms with van der Waals surface area (Å²) in [6.07, 6.45) is 1.76. The number of hydrogen-bond donors (Lipinski definition) is 1. The van der Waals surface area contributed by atoms with Gasteiger partial charge in [0.2, 0.25) is 0 Å². The van der Waals surface area contributed by atoms with Crippen LogP contribution in [0.3, 0.4) is 0 Å². The maximum Gasteiger partial charge on any atom is 0.266 e. The molecule has 3 rings (SSSR count). The Hall–Kier alpha value is -2.84. The number of amides is 2. The summed E-state index contributed by atoms with van der Waals surface area (Å²) >= 11 is 6.72. The second-order valence-electron chi connectivity index (χ2n) is 6.30. The van der Waals surface area contributed by atoms with Crippen molar-refractivity contribution in [3.8, 4) is 11.5 Å². The molecule has 2 amide bonds. The monoisotopic (exact) mass is 428 g/mol. The van der Waals surface area contributed by atoms with Crippen molar-refractivity contribution in [3.63, 3.8) is 0 Å². The third kappa shape index (κ3) is 4.78. The molecule has 8 heteroatoms. The number of ether oxygens (including phenoxy) is 2. The fourth-order valence-corrected chi connectivity index (χ4v) is 4.31. The molecule has 0 saturated carbocycles. The molecule has 2 aromatic carbocycles. The molecule has 2 aromatic rings. The van der Waals surface area contributed by atoms with Crippen molar-refractivity contribution >= 4 is 46.2 Å². The van der Waals surface area contributed by atoms with Gasteiger partial charge in [0.05, 0.1) is 18.1 Å². The number of primary amides is 1. The zero-order valence-corrected chi connectivity index (χ0v) is 17.6. The highest BCUT2D eigenvalue weighted by atomic mass is 32.2. The summed E-state index contributed by atoms with van der Waals surface area (Å²) < 4.78 is 11.2. The highest BCUT2D eigenvalue weighted by molar-refractivity contribution is 8.26. The average molecular weight is 429 g/mol. The van der Waals surface area contributed by atoms with Crippen LogP contribution in [0.5, 0.6) is 11.5 Å². The topological polar surface area (TPSA) is 81.9 Å². The summed E-state index contributed by atoms with van der Waals surface area (Å²) in [7, 11) is 1.50. The van der Waals surface area contributed by atoms with Crippen LogP contribution in [0.15, 0.2) is 53.4 Å². The van der Waals surface area contributed by atoms with Crippen molar-refractivity contribution in [1.82, 2.24) is 4.90 Å². The molecule has 1 atom stereocenters. The van der Waals surface area contributed by atoms with Gasteiger partial charge in [0, 0.05) is 0 Å². The quantitative estimate of drug-likeness (QED) is 0.537. The third-order valence-corrected chi connectivity index (χ3v) is 5.68. The standard InChI is InChI=1S/C21H20N2O4S2/c1-13(15-6-4-3-5-7-15)23-20(25)18(29-21(23)28)11-14-8-9-16(17(10-14)26-2)27-12-19(22)24/h3-11,13H,12H2,1-2H3,(H2,22,24)/b18-11-. The first-order valence-electron chi connectivity index (χ1n) is 8.82. The minimum atomic E-state index is -0.577. The Morgan fingerprint density at radius 3 is 2.62 bits per heavy atom. The normalized spacial score (nSPS) is 16.2. The number of carbonyl (C=O) groups is 2. The average Bonchev–Trinajstić information content (AvgIpc) is 2.99. The maximum atomic E-state index is 13.0. The molecule has 0 aromatic heterocycles. The minimum Gasteiger partial charge on any atom is -0.493 e. The Morgan fingerprint density at radius 1 is 1.24 bits per heavy atom. The van der Waals surface area contributed by atoms with Crippen molar-refractivity contribution in [2.24, 2.45) is 5.73 Å². The number of methoxy groups -OCH3 is 1. The number of carbonyl (C=O) groups excluding carboxylic acids is 2. The summed E-state index contributed by atoms with van der Waals surface area (Å²) in [5.41, 5.74) is 6.87. The summed E-state index contributed by atoms with van der Waals surface area (Å²) in [6.45, 7) is 1.71. The number of benzene rings is 2. The molecule has 0 aliphatic carbocycles. The van der Waals surface area contributed by atoms with Crippen molar-refractivity contribution in [3.05, 3.63) is 64.6 Å². The molecule has 1 aliphatic rings. The van der Waals surface area contributed by atoms with Crippen molar-refractivity contribution < 1.29 is 19.1 Å². The molecule has 2 N–H and O–H groups in total. The Balaban J connectivity index is 1.83. The Morgan fingerprint density at radius 2 is 1.97 bits per heavy atom. The summed E-state index contributed by atoms with van der Waals surface area (Å²) in [5.74, 6) is 0.124. The van der Waals surface area contributed by atoms with Crippen LogP contribution in [0, 0.1) is 0 Å². The third-order valence-electron chi connectivity index (χ3n) is 4.35. The maximum absolute atomic E-state index is 13.0. The lowest BCUT2D eigenvalue weighted by Crippen LogP contribution is -2.30. The molecular formula is C21H20N2O4S2. The fraction of sp³-hybridized carbons (Fsp3) is 0.190. The van der Waals surface area contributed by atoms with Crippen LogP contribution in [0.2, 0.25) is 0 Å². The van der Waals surface area contributed by atoms with E-state index in [1.54, 1.807) is 29.2 Å². The van der Waals surface area contributed by atoms with Gasteiger partial charge in [-0.1, -0.05) is 60.4 Å². The largest absolute Gasteiger partial charge is 0.493 e. The minimum absolute atomic E-state index is 0.135. The molecule has 150 valence electrons. The molecule has 0 radical (unpaired) electrons. The number of nitrogens with two attached hydrogens (primary N) is 1. The predicted molar refractivity (Wildman–Crippen MR) is 118 cm³/mol. The Kier molecular flexibility index (Phi) is 6.56. The molecule has 6 nitrogen and oxygen atoms in total. The zero-order valence-electron chi connectivity index (χ0n) is 16.0. The first-order valence-corrected chi connectivity index (χ1v) is 10.0. The zero-order chi connectivity index (χ0) is 21.0. The summed E-state index contributed by atoms with van der Waals surface area (Å²) in [4.78, 5) is 26.1. The van der Waals surface area contributed by atoms with Crippen LogP contribution in [-0.4, -0.2) is 34.8 Å². The van der Waals surface area contributed by atoms with E-state index in [1.165, 1.54) is 18.9 Å². The van der Waals surface area contributed by atoms with Gasteiger partial charge in [0.1, 0.15) is 4.32 Å². The van der Waals surface area contributed by atoms with E-state index in [4.69, 9.17) is 27.4 Å². The van der Waals surface area contributed by atoms with Crippen molar-refractivity contribution in [2.45, 2.75) is 13.0 Å². The second kappa shape index (κ2) is 9.11. The lowest BCUT2D eigenvalue weighted by atomic mass is 10.1. The van der Waals surface area contributed by atoms with Gasteiger partial charge >= 0.3 is 0 Å². The van der Waals surface area contributed by atoms with Gasteiger partial charge in [0.25, 0.3) is 11.8 Å². The van der Waals surface area contributed by atoms with Gasteiger partial charge in [0.15, 0.2) is 18.1 Å². The van der Waals surface area contributed by atoms with Gasteiger partial charge in [-0.15, -0.1) is 0 Å². The lowest BCUT2D eigenvalue weighted by Gasteiger charge is -2.23. The number of thioether (sulfide) groups is 1. The van der Waals surface area contributed by atoms with Crippen LogP contribution in [-0.2, 0) is 9.59 Å². The molecular weight excluding hydrogens is 408 g/mol. The van der Waals surface area contributed by atoms with Crippen molar-refractivity contribution in [2.75, 3.05) is 13.7 Å². The van der Waals surface area contributed by atoms with Gasteiger partial charge in [-0.25, -0.2) is 0 Å². The number of hydrogen-bond acceptors (Lipinski definition) is 6. The van der Waals surface area contributed by atoms with E-state index in [1.807, 2.05) is 37.3 Å². The smallest absolute Gasteiger partial charge is 0.266 e. The number of rotatable bonds is 7. The van der Waals surface area contributed by atoms with E-state index in [2.05, 4.69) is 0 Å². The SMILES string of the molecule is COc1cc(/C=C2\SC(=S)N(C(C)c3ccccc3)C2=O)ccc1OCC(N)=O. The predicted octanol–water partition coefficient (Wildman–Crippen LogP) is 3.52. The first-order chi connectivity index (χ1) is 13.9. The van der Waals surface area contributed by atoms with Gasteiger partial charge in [-0.3, -0.25) is 14.5 Å². The van der Waals surface area contributed by atoms with Gasteiger partial charge in [-0.05, 0) is 36.3 Å². The lowest BCUT2D eigenvalue weighted by molar-refractivity contribution is -0.123. The van der Waals surface area contributed by atoms with Gasteiger partial charge < -0.3 is 15.2 Å². The fourth-order valence-electron chi connectivity index (χ4n) is 2.89. The van der Waals surface area contributed by atoms with Crippen molar-refractivity contribution in [1.29, 1.82) is 0 Å². The van der Waals surface area contributed by atoms with Crippen LogP contribution in [0.25, 0.3) is 6.08 Å². The molecule has 1 fully saturated rings.